The van der Waals surface area contributed by atoms with E-state index in [0.29, 0.717) is 6.42 Å². The third kappa shape index (κ3) is 7.37. The number of benzene rings is 1. The first-order valence-electron chi connectivity index (χ1n) is 8.85. The predicted molar refractivity (Wildman–Crippen MR) is 114 cm³/mol. The average Bonchev–Trinajstić information content (AvgIpc) is 3.02. The van der Waals surface area contributed by atoms with Crippen molar-refractivity contribution < 1.29 is 4.79 Å². The van der Waals surface area contributed by atoms with E-state index in [4.69, 9.17) is 0 Å². The molecule has 1 saturated heterocycles. The molecule has 1 aliphatic heterocycles. The van der Waals surface area contributed by atoms with Gasteiger partial charge in [0.15, 0.2) is 0 Å². The average molecular weight is 419 g/mol. The second-order valence-corrected chi connectivity index (χ2v) is 7.34. The molecule has 146 valence electrons. The van der Waals surface area contributed by atoms with Crippen LogP contribution >= 0.6 is 36.2 Å². The van der Waals surface area contributed by atoms with Crippen molar-refractivity contribution in [3.8, 4) is 0 Å². The van der Waals surface area contributed by atoms with Crippen molar-refractivity contribution in [1.82, 2.24) is 20.5 Å². The van der Waals surface area contributed by atoms with E-state index in [1.165, 1.54) is 9.71 Å². The minimum Gasteiger partial charge on any atom is -0.355 e. The molecule has 1 aromatic heterocycles. The highest BCUT2D eigenvalue weighted by Crippen LogP contribution is 2.22. The van der Waals surface area contributed by atoms with E-state index in [-0.39, 0.29) is 30.7 Å². The Morgan fingerprint density at radius 2 is 1.96 bits per heavy atom. The molecule has 1 amide bonds. The topological polar surface area (TPSA) is 57.3 Å². The van der Waals surface area contributed by atoms with Gasteiger partial charge < -0.3 is 10.6 Å². The summed E-state index contributed by atoms with van der Waals surface area (Å²) in [6.45, 7) is 5.99. The van der Waals surface area contributed by atoms with Crippen molar-refractivity contribution in [2.75, 3.05) is 39.3 Å². The van der Waals surface area contributed by atoms with E-state index in [9.17, 15) is 4.79 Å². The maximum absolute atomic E-state index is 11.9. The normalized spacial score (nSPS) is 14.5. The molecule has 26 heavy (non-hydrogen) atoms. The van der Waals surface area contributed by atoms with Crippen molar-refractivity contribution in [2.45, 2.75) is 25.7 Å². The van der Waals surface area contributed by atoms with Gasteiger partial charge in [-0.05, 0) is 31.4 Å². The lowest BCUT2D eigenvalue weighted by Crippen LogP contribution is -2.46. The highest BCUT2D eigenvalue weighted by Gasteiger charge is 2.09. The standard InChI is InChI=1S/C18H26N4OS.2ClH/c23-17(20-11-14-22-12-9-19-10-13-22)7-3-4-8-18-21-15-5-1-2-6-16(15)24-18;;/h1-2,5-6,19H,3-4,7-14H2,(H,20,23);2*1H. The number of nitrogens with zero attached hydrogens (tertiary/aromatic N) is 2. The van der Waals surface area contributed by atoms with Crippen LogP contribution in [0.4, 0.5) is 0 Å². The van der Waals surface area contributed by atoms with Crippen LogP contribution in [0, 0.1) is 0 Å². The zero-order chi connectivity index (χ0) is 16.6. The van der Waals surface area contributed by atoms with Gasteiger partial charge in [0.05, 0.1) is 15.2 Å². The summed E-state index contributed by atoms with van der Waals surface area (Å²) in [7, 11) is 0. The molecule has 2 aromatic rings. The molecule has 0 radical (unpaired) electrons. The van der Waals surface area contributed by atoms with Gasteiger partial charge in [-0.3, -0.25) is 9.69 Å². The summed E-state index contributed by atoms with van der Waals surface area (Å²) in [6, 6.07) is 8.25. The van der Waals surface area contributed by atoms with E-state index < -0.39 is 0 Å². The Labute approximate surface area is 171 Å². The molecule has 0 unspecified atom stereocenters. The zero-order valence-electron chi connectivity index (χ0n) is 14.9. The first kappa shape index (κ1) is 23.1. The van der Waals surface area contributed by atoms with Gasteiger partial charge in [-0.15, -0.1) is 36.2 Å². The molecule has 0 saturated carbocycles. The number of rotatable bonds is 8. The fraction of sp³-hybridized carbons (Fsp3) is 0.556. The van der Waals surface area contributed by atoms with Crippen molar-refractivity contribution >= 4 is 52.3 Å². The van der Waals surface area contributed by atoms with Crippen LogP contribution in [-0.2, 0) is 11.2 Å². The van der Waals surface area contributed by atoms with Crippen LogP contribution in [0.15, 0.2) is 24.3 Å². The highest BCUT2D eigenvalue weighted by atomic mass is 35.5. The fourth-order valence-electron chi connectivity index (χ4n) is 2.97. The van der Waals surface area contributed by atoms with Crippen LogP contribution in [0.25, 0.3) is 10.2 Å². The molecule has 0 spiro atoms. The lowest BCUT2D eigenvalue weighted by atomic mass is 10.2. The second kappa shape index (κ2) is 12.5. The minimum atomic E-state index is 0. The number of unbranched alkanes of at least 4 members (excludes halogenated alkanes) is 1. The molecule has 2 heterocycles. The van der Waals surface area contributed by atoms with Gasteiger partial charge in [0.2, 0.25) is 5.91 Å². The number of hydrogen-bond acceptors (Lipinski definition) is 5. The van der Waals surface area contributed by atoms with Crippen molar-refractivity contribution in [3.05, 3.63) is 29.3 Å². The Hall–Kier alpha value is -0.920. The van der Waals surface area contributed by atoms with Gasteiger partial charge in [-0.2, -0.15) is 0 Å². The van der Waals surface area contributed by atoms with Crippen molar-refractivity contribution in [2.24, 2.45) is 0 Å². The number of carbonyl (C=O) groups excluding carboxylic acids is 1. The molecule has 5 nitrogen and oxygen atoms in total. The first-order chi connectivity index (χ1) is 11.8. The summed E-state index contributed by atoms with van der Waals surface area (Å²) < 4.78 is 1.25. The van der Waals surface area contributed by atoms with Gasteiger partial charge in [-0.1, -0.05) is 12.1 Å². The monoisotopic (exact) mass is 418 g/mol. The number of aromatic nitrogens is 1. The van der Waals surface area contributed by atoms with Gasteiger partial charge in [0.1, 0.15) is 0 Å². The third-order valence-electron chi connectivity index (χ3n) is 4.34. The van der Waals surface area contributed by atoms with Gasteiger partial charge in [0.25, 0.3) is 0 Å². The van der Waals surface area contributed by atoms with Crippen LogP contribution in [-0.4, -0.2) is 55.1 Å². The number of fused-ring (bicyclic) bond motifs is 1. The van der Waals surface area contributed by atoms with Crippen molar-refractivity contribution in [1.29, 1.82) is 0 Å². The molecule has 1 aliphatic rings. The van der Waals surface area contributed by atoms with Crippen molar-refractivity contribution in [3.63, 3.8) is 0 Å². The molecule has 2 N–H and O–H groups in total. The number of thiazole rings is 1. The molecule has 0 bridgehead atoms. The molecular formula is C18H28Cl2N4OS. The number of aryl methyl sites for hydroxylation is 1. The number of piperazine rings is 1. The van der Waals surface area contributed by atoms with Crippen LogP contribution in [0.3, 0.4) is 0 Å². The van der Waals surface area contributed by atoms with Crippen LogP contribution in [0.5, 0.6) is 0 Å². The second-order valence-electron chi connectivity index (χ2n) is 6.22. The number of para-hydroxylation sites is 1. The Morgan fingerprint density at radius 1 is 1.19 bits per heavy atom. The highest BCUT2D eigenvalue weighted by molar-refractivity contribution is 7.18. The summed E-state index contributed by atoms with van der Waals surface area (Å²) in [4.78, 5) is 18.9. The number of halogens is 2. The molecule has 0 atom stereocenters. The SMILES string of the molecule is Cl.Cl.O=C(CCCCc1nc2ccccc2s1)NCCN1CCNCC1. The molecule has 8 heteroatoms. The summed E-state index contributed by atoms with van der Waals surface area (Å²) in [5, 5.41) is 7.55. The lowest BCUT2D eigenvalue weighted by Gasteiger charge is -2.27. The minimum absolute atomic E-state index is 0. The van der Waals surface area contributed by atoms with Gasteiger partial charge in [0, 0.05) is 45.7 Å². The number of amides is 1. The Kier molecular flexibility index (Phi) is 11.1. The molecule has 1 fully saturated rings. The summed E-state index contributed by atoms with van der Waals surface area (Å²) in [6.07, 6.45) is 3.53. The molecular weight excluding hydrogens is 391 g/mol. The fourth-order valence-corrected chi connectivity index (χ4v) is 3.97. The van der Waals surface area contributed by atoms with Gasteiger partial charge >= 0.3 is 0 Å². The maximum atomic E-state index is 11.9. The largest absolute Gasteiger partial charge is 0.355 e. The van der Waals surface area contributed by atoms with E-state index in [2.05, 4.69) is 38.7 Å². The van der Waals surface area contributed by atoms with E-state index in [1.807, 2.05) is 6.07 Å². The van der Waals surface area contributed by atoms with E-state index >= 15 is 0 Å². The Morgan fingerprint density at radius 3 is 2.73 bits per heavy atom. The van der Waals surface area contributed by atoms with Crippen LogP contribution in [0.1, 0.15) is 24.3 Å². The summed E-state index contributed by atoms with van der Waals surface area (Å²) in [5.74, 6) is 0.175. The molecule has 3 rings (SSSR count). The van der Waals surface area contributed by atoms with Crippen LogP contribution < -0.4 is 10.6 Å². The number of hydrogen-bond donors (Lipinski definition) is 2. The lowest BCUT2D eigenvalue weighted by molar-refractivity contribution is -0.121. The van der Waals surface area contributed by atoms with E-state index in [1.54, 1.807) is 11.3 Å². The Balaban J connectivity index is 0.00000169. The maximum Gasteiger partial charge on any atom is 0.220 e. The smallest absolute Gasteiger partial charge is 0.220 e. The first-order valence-corrected chi connectivity index (χ1v) is 9.67. The molecule has 0 aliphatic carbocycles. The molecule has 1 aromatic carbocycles. The third-order valence-corrected chi connectivity index (χ3v) is 5.44. The zero-order valence-corrected chi connectivity index (χ0v) is 17.4. The van der Waals surface area contributed by atoms with Gasteiger partial charge in [-0.25, -0.2) is 4.98 Å². The van der Waals surface area contributed by atoms with Crippen LogP contribution in [0.2, 0.25) is 0 Å². The quantitative estimate of drug-likeness (QED) is 0.647. The number of nitrogens with one attached hydrogen (secondary N) is 2. The summed E-state index contributed by atoms with van der Waals surface area (Å²) >= 11 is 1.76. The number of carbonyl (C=O) groups is 1. The predicted octanol–water partition coefficient (Wildman–Crippen LogP) is 2.87. The van der Waals surface area contributed by atoms with E-state index in [0.717, 1.165) is 64.0 Å². The Bertz CT molecular complexity index is 628. The summed E-state index contributed by atoms with van der Waals surface area (Å²) in [5.41, 5.74) is 1.09.